The highest BCUT2D eigenvalue weighted by molar-refractivity contribution is 5.82. The fourth-order valence-electron chi connectivity index (χ4n) is 3.66. The van der Waals surface area contributed by atoms with E-state index in [2.05, 4.69) is 35.0 Å². The Labute approximate surface area is 144 Å². The monoisotopic (exact) mass is 331 g/mol. The largest absolute Gasteiger partial charge is 0.381 e. The molecule has 3 rings (SSSR count). The molecule has 3 N–H and O–H groups in total. The van der Waals surface area contributed by atoms with Gasteiger partial charge in [-0.3, -0.25) is 15.2 Å². The molecule has 24 heavy (non-hydrogen) atoms. The highest BCUT2D eigenvalue weighted by Gasteiger charge is 2.33. The molecule has 2 fully saturated rings. The number of nitrogens with one attached hydrogen (secondary N) is 3. The first-order chi connectivity index (χ1) is 11.6. The van der Waals surface area contributed by atoms with Gasteiger partial charge in [0.05, 0.1) is 5.69 Å². The molecule has 0 saturated carbocycles. The molecule has 2 saturated heterocycles. The molecule has 0 aliphatic carbocycles. The fraction of sp³-hybridized carbons (Fsp3) is 0.667. The van der Waals surface area contributed by atoms with Crippen LogP contribution in [0, 0.1) is 5.92 Å². The molecule has 0 spiro atoms. The van der Waals surface area contributed by atoms with Crippen molar-refractivity contribution in [2.45, 2.75) is 57.7 Å². The molecule has 1 aromatic rings. The number of hydrazine groups is 1. The predicted octanol–water partition coefficient (Wildman–Crippen LogP) is 1.77. The number of carbonyl (C=O) groups excluding carboxylic acids is 1. The lowest BCUT2D eigenvalue weighted by Gasteiger charge is -2.34. The summed E-state index contributed by atoms with van der Waals surface area (Å²) in [7, 11) is 0. The Morgan fingerprint density at radius 1 is 1.38 bits per heavy atom. The zero-order chi connectivity index (χ0) is 16.9. The Kier molecular flexibility index (Phi) is 5.68. The van der Waals surface area contributed by atoms with Gasteiger partial charge in [-0.1, -0.05) is 13.8 Å². The fourth-order valence-corrected chi connectivity index (χ4v) is 3.66. The van der Waals surface area contributed by atoms with Crippen LogP contribution in [0.2, 0.25) is 0 Å². The van der Waals surface area contributed by atoms with Gasteiger partial charge in [0.2, 0.25) is 5.91 Å². The molecule has 6 heteroatoms. The molecule has 0 bridgehead atoms. The lowest BCUT2D eigenvalue weighted by atomic mass is 9.98. The van der Waals surface area contributed by atoms with Gasteiger partial charge in [-0.2, -0.15) is 0 Å². The van der Waals surface area contributed by atoms with Crippen molar-refractivity contribution in [3.63, 3.8) is 0 Å². The van der Waals surface area contributed by atoms with Crippen molar-refractivity contribution in [2.24, 2.45) is 5.92 Å². The van der Waals surface area contributed by atoms with E-state index >= 15 is 0 Å². The van der Waals surface area contributed by atoms with Gasteiger partial charge in [0, 0.05) is 37.6 Å². The maximum atomic E-state index is 12.7. The van der Waals surface area contributed by atoms with Crippen LogP contribution in [0.15, 0.2) is 24.5 Å². The zero-order valence-electron chi connectivity index (χ0n) is 14.7. The van der Waals surface area contributed by atoms with E-state index in [4.69, 9.17) is 0 Å². The van der Waals surface area contributed by atoms with Crippen LogP contribution < -0.4 is 16.2 Å². The average Bonchev–Trinajstić information content (AvgIpc) is 3.03. The topological polar surface area (TPSA) is 69.3 Å². The van der Waals surface area contributed by atoms with E-state index in [0.29, 0.717) is 18.0 Å². The number of hydrogen-bond acceptors (Lipinski definition) is 5. The summed E-state index contributed by atoms with van der Waals surface area (Å²) in [6, 6.07) is 4.72. The van der Waals surface area contributed by atoms with Gasteiger partial charge < -0.3 is 10.2 Å². The van der Waals surface area contributed by atoms with Gasteiger partial charge in [-0.25, -0.2) is 5.43 Å². The highest BCUT2D eigenvalue weighted by Crippen LogP contribution is 2.19. The molecule has 132 valence electrons. The van der Waals surface area contributed by atoms with Crippen LogP contribution >= 0.6 is 0 Å². The van der Waals surface area contributed by atoms with Gasteiger partial charge in [0.1, 0.15) is 6.04 Å². The SMILES string of the molecule is CC(C)CC1CC(C(=O)N2CCC(Nc3cccnc3)CC2)NN1. The molecule has 2 aliphatic rings. The zero-order valence-corrected chi connectivity index (χ0v) is 14.7. The van der Waals surface area contributed by atoms with Gasteiger partial charge in [-0.05, 0) is 43.7 Å². The molecular formula is C18H29N5O. The Hall–Kier alpha value is -1.66. The third-order valence-corrected chi connectivity index (χ3v) is 4.87. The van der Waals surface area contributed by atoms with Gasteiger partial charge in [-0.15, -0.1) is 0 Å². The van der Waals surface area contributed by atoms with E-state index in [9.17, 15) is 4.79 Å². The van der Waals surface area contributed by atoms with Crippen molar-refractivity contribution in [1.29, 1.82) is 0 Å². The Balaban J connectivity index is 1.44. The number of anilines is 1. The molecule has 2 atom stereocenters. The number of carbonyl (C=O) groups is 1. The van der Waals surface area contributed by atoms with Crippen LogP contribution in [0.4, 0.5) is 5.69 Å². The number of rotatable bonds is 5. The summed E-state index contributed by atoms with van der Waals surface area (Å²) in [5, 5.41) is 3.51. The lowest BCUT2D eigenvalue weighted by molar-refractivity contribution is -0.134. The molecular weight excluding hydrogens is 302 g/mol. The first kappa shape index (κ1) is 17.2. The second-order valence-corrected chi connectivity index (χ2v) is 7.39. The quantitative estimate of drug-likeness (QED) is 0.767. The van der Waals surface area contributed by atoms with E-state index in [0.717, 1.165) is 44.5 Å². The van der Waals surface area contributed by atoms with E-state index in [1.165, 1.54) is 0 Å². The van der Waals surface area contributed by atoms with Crippen LogP contribution in [-0.2, 0) is 4.79 Å². The summed E-state index contributed by atoms with van der Waals surface area (Å²) in [6.07, 6.45) is 7.59. The predicted molar refractivity (Wildman–Crippen MR) is 95.4 cm³/mol. The first-order valence-electron chi connectivity index (χ1n) is 9.08. The van der Waals surface area contributed by atoms with E-state index in [1.807, 2.05) is 23.2 Å². The molecule has 3 heterocycles. The van der Waals surface area contributed by atoms with Crippen LogP contribution in [0.3, 0.4) is 0 Å². The number of nitrogens with zero attached hydrogens (tertiary/aromatic N) is 2. The van der Waals surface area contributed by atoms with E-state index < -0.39 is 0 Å². The van der Waals surface area contributed by atoms with Crippen LogP contribution in [0.25, 0.3) is 0 Å². The second-order valence-electron chi connectivity index (χ2n) is 7.39. The average molecular weight is 331 g/mol. The summed E-state index contributed by atoms with van der Waals surface area (Å²) in [5.41, 5.74) is 7.53. The minimum Gasteiger partial charge on any atom is -0.381 e. The van der Waals surface area contributed by atoms with Gasteiger partial charge >= 0.3 is 0 Å². The third kappa shape index (κ3) is 4.45. The molecule has 2 unspecified atom stereocenters. The maximum absolute atomic E-state index is 12.7. The summed E-state index contributed by atoms with van der Waals surface area (Å²) in [6.45, 7) is 6.08. The van der Waals surface area contributed by atoms with Crippen LogP contribution in [0.1, 0.15) is 39.5 Å². The Morgan fingerprint density at radius 3 is 2.83 bits per heavy atom. The molecule has 1 amide bonds. The summed E-state index contributed by atoms with van der Waals surface area (Å²) in [5.74, 6) is 0.890. The molecule has 1 aromatic heterocycles. The summed E-state index contributed by atoms with van der Waals surface area (Å²) < 4.78 is 0. The molecule has 6 nitrogen and oxygen atoms in total. The number of aromatic nitrogens is 1. The van der Waals surface area contributed by atoms with Crippen molar-refractivity contribution < 1.29 is 4.79 Å². The van der Waals surface area contributed by atoms with Gasteiger partial charge in [0.15, 0.2) is 0 Å². The number of piperidine rings is 1. The van der Waals surface area contributed by atoms with E-state index in [-0.39, 0.29) is 11.9 Å². The van der Waals surface area contributed by atoms with Crippen LogP contribution in [0.5, 0.6) is 0 Å². The lowest BCUT2D eigenvalue weighted by Crippen LogP contribution is -2.50. The number of amides is 1. The van der Waals surface area contributed by atoms with Crippen molar-refractivity contribution >= 4 is 11.6 Å². The molecule has 2 aliphatic heterocycles. The maximum Gasteiger partial charge on any atom is 0.241 e. The first-order valence-corrected chi connectivity index (χ1v) is 9.08. The smallest absolute Gasteiger partial charge is 0.241 e. The minimum absolute atomic E-state index is 0.0726. The number of likely N-dealkylation sites (tertiary alicyclic amines) is 1. The van der Waals surface area contributed by atoms with Crippen molar-refractivity contribution in [2.75, 3.05) is 18.4 Å². The second kappa shape index (κ2) is 7.94. The standard InChI is InChI=1S/C18H29N5O/c1-13(2)10-16-11-17(22-21-16)18(24)23-8-5-14(6-9-23)20-15-4-3-7-19-12-15/h3-4,7,12-14,16-17,20-22H,5-6,8-11H2,1-2H3. The Bertz CT molecular complexity index is 527. The third-order valence-electron chi connectivity index (χ3n) is 4.87. The van der Waals surface area contributed by atoms with Gasteiger partial charge in [0.25, 0.3) is 0 Å². The molecule has 0 aromatic carbocycles. The normalized spacial score (nSPS) is 25.2. The summed E-state index contributed by atoms with van der Waals surface area (Å²) in [4.78, 5) is 18.8. The number of hydrogen-bond donors (Lipinski definition) is 3. The van der Waals surface area contributed by atoms with Crippen molar-refractivity contribution in [3.8, 4) is 0 Å². The Morgan fingerprint density at radius 2 is 2.17 bits per heavy atom. The number of pyridine rings is 1. The van der Waals surface area contributed by atoms with E-state index in [1.54, 1.807) is 6.20 Å². The van der Waals surface area contributed by atoms with Crippen molar-refractivity contribution in [3.05, 3.63) is 24.5 Å². The molecule has 0 radical (unpaired) electrons. The summed E-state index contributed by atoms with van der Waals surface area (Å²) >= 11 is 0. The van der Waals surface area contributed by atoms with Crippen LogP contribution in [-0.4, -0.2) is 47.0 Å². The minimum atomic E-state index is -0.0726. The van der Waals surface area contributed by atoms with Crippen molar-refractivity contribution in [1.82, 2.24) is 20.7 Å². The highest BCUT2D eigenvalue weighted by atomic mass is 16.2.